The molecule has 1 aromatic rings. The van der Waals surface area contributed by atoms with E-state index in [2.05, 4.69) is 32.9 Å². The monoisotopic (exact) mass is 390 g/mol. The number of piperidine rings is 1. The summed E-state index contributed by atoms with van der Waals surface area (Å²) in [6.07, 6.45) is 2.13. The molecule has 6 heteroatoms. The Morgan fingerprint density at radius 3 is 2.67 bits per heavy atom. The van der Waals surface area contributed by atoms with Gasteiger partial charge in [-0.2, -0.15) is 0 Å². The van der Waals surface area contributed by atoms with E-state index < -0.39 is 11.8 Å². The Hall–Kier alpha value is -1.53. The highest BCUT2D eigenvalue weighted by molar-refractivity contribution is 8.14. The first kappa shape index (κ1) is 20.2. The van der Waals surface area contributed by atoms with E-state index in [0.717, 1.165) is 24.3 Å². The summed E-state index contributed by atoms with van der Waals surface area (Å²) >= 11 is 1.65. The molecule has 3 rings (SSSR count). The lowest BCUT2D eigenvalue weighted by molar-refractivity contribution is 0.0496. The van der Waals surface area contributed by atoms with Gasteiger partial charge in [-0.15, -0.1) is 11.8 Å². The van der Waals surface area contributed by atoms with Gasteiger partial charge in [0, 0.05) is 30.7 Å². The van der Waals surface area contributed by atoms with Crippen molar-refractivity contribution in [2.45, 2.75) is 58.2 Å². The molecule has 2 N–H and O–H groups in total. The van der Waals surface area contributed by atoms with Crippen LogP contribution in [0.25, 0.3) is 0 Å². The lowest BCUT2D eigenvalue weighted by Crippen LogP contribution is -2.52. The van der Waals surface area contributed by atoms with Crippen LogP contribution in [0.1, 0.15) is 45.6 Å². The number of carbonyl (C=O) groups is 1. The van der Waals surface area contributed by atoms with Crippen LogP contribution in [0.15, 0.2) is 35.3 Å². The third-order valence-corrected chi connectivity index (χ3v) is 6.95. The molecule has 1 fully saturated rings. The molecule has 2 heterocycles. The quantitative estimate of drug-likeness (QED) is 0.806. The van der Waals surface area contributed by atoms with E-state index in [1.165, 1.54) is 5.56 Å². The van der Waals surface area contributed by atoms with Crippen molar-refractivity contribution in [3.05, 3.63) is 35.9 Å². The van der Waals surface area contributed by atoms with Gasteiger partial charge in [-0.1, -0.05) is 51.1 Å². The summed E-state index contributed by atoms with van der Waals surface area (Å²) in [4.78, 5) is 17.9. The summed E-state index contributed by atoms with van der Waals surface area (Å²) in [5, 5.41) is 21.4. The zero-order chi connectivity index (χ0) is 19.7. The van der Waals surface area contributed by atoms with Gasteiger partial charge in [-0.25, -0.2) is 9.79 Å². The van der Waals surface area contributed by atoms with Gasteiger partial charge in [0.25, 0.3) is 0 Å². The van der Waals surface area contributed by atoms with Gasteiger partial charge in [0.15, 0.2) is 5.72 Å². The van der Waals surface area contributed by atoms with Crippen LogP contribution in [0.5, 0.6) is 0 Å². The molecule has 0 aliphatic carbocycles. The zero-order valence-corrected chi connectivity index (χ0v) is 17.2. The van der Waals surface area contributed by atoms with Crippen LogP contribution in [-0.2, 0) is 6.42 Å². The number of nitrogens with zero attached hydrogens (tertiary/aromatic N) is 2. The van der Waals surface area contributed by atoms with Gasteiger partial charge in [-0.3, -0.25) is 0 Å². The molecule has 27 heavy (non-hydrogen) atoms. The van der Waals surface area contributed by atoms with E-state index in [1.807, 2.05) is 18.2 Å². The Kier molecular flexibility index (Phi) is 5.87. The molecule has 5 nitrogen and oxygen atoms in total. The van der Waals surface area contributed by atoms with Gasteiger partial charge in [0.05, 0.1) is 5.04 Å². The highest BCUT2D eigenvalue weighted by Gasteiger charge is 2.42. The number of amides is 1. The third kappa shape index (κ3) is 4.85. The van der Waals surface area contributed by atoms with Crippen LogP contribution < -0.4 is 0 Å². The normalized spacial score (nSPS) is 28.9. The van der Waals surface area contributed by atoms with E-state index in [9.17, 15) is 15.0 Å². The molecule has 2 aliphatic rings. The predicted octanol–water partition coefficient (Wildman–Crippen LogP) is 4.26. The van der Waals surface area contributed by atoms with Crippen molar-refractivity contribution in [2.24, 2.45) is 16.3 Å². The predicted molar refractivity (Wildman–Crippen MR) is 110 cm³/mol. The Bertz CT molecular complexity index is 701. The summed E-state index contributed by atoms with van der Waals surface area (Å²) in [5.74, 6) is 0.828. The van der Waals surface area contributed by atoms with E-state index >= 15 is 0 Å². The number of aliphatic hydroxyl groups is 1. The molecule has 1 amide bonds. The number of hydrogen-bond acceptors (Lipinski definition) is 4. The Labute approximate surface area is 165 Å². The van der Waals surface area contributed by atoms with Crippen LogP contribution in [0, 0.1) is 11.3 Å². The fraction of sp³-hybridized carbons (Fsp3) is 0.619. The molecule has 3 atom stereocenters. The second-order valence-electron chi connectivity index (χ2n) is 8.79. The summed E-state index contributed by atoms with van der Waals surface area (Å²) in [6.45, 7) is 6.81. The molecule has 0 aromatic heterocycles. The number of rotatable bonds is 4. The minimum absolute atomic E-state index is 0.0324. The topological polar surface area (TPSA) is 73.1 Å². The molecular weight excluding hydrogens is 360 g/mol. The molecule has 3 unspecified atom stereocenters. The maximum Gasteiger partial charge on any atom is 0.407 e. The number of aryl methyl sites for hydroxylation is 1. The minimum Gasteiger partial charge on any atom is -0.465 e. The molecule has 148 valence electrons. The largest absolute Gasteiger partial charge is 0.465 e. The number of hydrogen-bond donors (Lipinski definition) is 2. The SMILES string of the molecule is CC(C)(C)C1CC(C2=NC(O)(CCc3ccccc3)CS2)CCN1C(=O)O. The van der Waals surface area contributed by atoms with Crippen LogP contribution in [-0.4, -0.2) is 50.3 Å². The minimum atomic E-state index is -1.00. The second kappa shape index (κ2) is 7.84. The average molecular weight is 391 g/mol. The van der Waals surface area contributed by atoms with E-state index in [4.69, 9.17) is 4.99 Å². The summed E-state index contributed by atoms with van der Waals surface area (Å²) in [6, 6.07) is 10.1. The van der Waals surface area contributed by atoms with Crippen LogP contribution >= 0.6 is 11.8 Å². The van der Waals surface area contributed by atoms with Crippen molar-refractivity contribution in [3.63, 3.8) is 0 Å². The van der Waals surface area contributed by atoms with E-state index in [1.54, 1.807) is 16.7 Å². The molecule has 0 spiro atoms. The summed E-state index contributed by atoms with van der Waals surface area (Å²) in [7, 11) is 0. The van der Waals surface area contributed by atoms with Crippen molar-refractivity contribution < 1.29 is 15.0 Å². The van der Waals surface area contributed by atoms with Crippen molar-refractivity contribution in [1.29, 1.82) is 0 Å². The number of carboxylic acid groups (broad SMARTS) is 1. The number of aliphatic imine (C=N–C) groups is 1. The van der Waals surface area contributed by atoms with Crippen LogP contribution in [0.4, 0.5) is 4.79 Å². The highest BCUT2D eigenvalue weighted by Crippen LogP contribution is 2.40. The van der Waals surface area contributed by atoms with Gasteiger partial charge in [0.1, 0.15) is 0 Å². The number of thioether (sulfide) groups is 1. The van der Waals surface area contributed by atoms with Crippen molar-refractivity contribution in [1.82, 2.24) is 4.90 Å². The molecule has 0 radical (unpaired) electrons. The maximum absolute atomic E-state index is 11.6. The summed E-state index contributed by atoms with van der Waals surface area (Å²) in [5.41, 5.74) is 0.0868. The standard InChI is InChI=1S/C21H30N2O3S/c1-20(2,3)17-13-16(10-12-23(17)19(24)25)18-22-21(26,14-27-18)11-9-15-7-5-4-6-8-15/h4-8,16-17,26H,9-14H2,1-3H3,(H,24,25). The molecule has 1 aromatic carbocycles. The Morgan fingerprint density at radius 1 is 1.33 bits per heavy atom. The zero-order valence-electron chi connectivity index (χ0n) is 16.4. The van der Waals surface area contributed by atoms with E-state index in [0.29, 0.717) is 18.7 Å². The first-order valence-corrected chi connectivity index (χ1v) is 10.6. The fourth-order valence-electron chi connectivity index (χ4n) is 4.03. The van der Waals surface area contributed by atoms with Crippen molar-refractivity contribution >= 4 is 22.9 Å². The Balaban J connectivity index is 1.67. The lowest BCUT2D eigenvalue weighted by Gasteiger charge is -2.44. The smallest absolute Gasteiger partial charge is 0.407 e. The third-order valence-electron chi connectivity index (χ3n) is 5.62. The number of benzene rings is 1. The van der Waals surface area contributed by atoms with Gasteiger partial charge < -0.3 is 15.1 Å². The van der Waals surface area contributed by atoms with Gasteiger partial charge in [0.2, 0.25) is 0 Å². The fourth-order valence-corrected chi connectivity index (χ4v) is 5.30. The van der Waals surface area contributed by atoms with Crippen molar-refractivity contribution in [2.75, 3.05) is 12.3 Å². The molecular formula is C21H30N2O3S. The van der Waals surface area contributed by atoms with E-state index in [-0.39, 0.29) is 17.4 Å². The van der Waals surface area contributed by atoms with Crippen molar-refractivity contribution in [3.8, 4) is 0 Å². The van der Waals surface area contributed by atoms with Crippen LogP contribution in [0.3, 0.4) is 0 Å². The molecule has 2 aliphatic heterocycles. The lowest BCUT2D eigenvalue weighted by atomic mass is 9.77. The molecule has 1 saturated heterocycles. The first-order valence-electron chi connectivity index (χ1n) is 9.66. The number of likely N-dealkylation sites (tertiary alicyclic amines) is 1. The maximum atomic E-state index is 11.6. The van der Waals surface area contributed by atoms with Gasteiger partial charge in [-0.05, 0) is 30.2 Å². The Morgan fingerprint density at radius 2 is 2.04 bits per heavy atom. The van der Waals surface area contributed by atoms with Crippen LogP contribution in [0.2, 0.25) is 0 Å². The molecule has 0 bridgehead atoms. The second-order valence-corrected chi connectivity index (χ2v) is 9.78. The molecule has 0 saturated carbocycles. The average Bonchev–Trinajstić information content (AvgIpc) is 3.02. The highest BCUT2D eigenvalue weighted by atomic mass is 32.2. The summed E-state index contributed by atoms with van der Waals surface area (Å²) < 4.78 is 0. The van der Waals surface area contributed by atoms with Gasteiger partial charge >= 0.3 is 6.09 Å². The first-order chi connectivity index (χ1) is 12.7.